The van der Waals surface area contributed by atoms with E-state index in [1.54, 1.807) is 84.9 Å². The maximum atomic E-state index is 13.3. The Morgan fingerprint density at radius 2 is 1.71 bits per heavy atom. The van der Waals surface area contributed by atoms with Crippen LogP contribution in [-0.2, 0) is 16.6 Å². The number of anilines is 1. The van der Waals surface area contributed by atoms with Gasteiger partial charge in [-0.1, -0.05) is 60.1 Å². The highest BCUT2D eigenvalue weighted by atomic mass is 35.5. The zero-order chi connectivity index (χ0) is 26.9. The zero-order valence-corrected chi connectivity index (χ0v) is 21.8. The molecule has 0 radical (unpaired) electrons. The topological polar surface area (TPSA) is 103 Å². The molecule has 1 amide bonds. The van der Waals surface area contributed by atoms with Crippen LogP contribution in [0.2, 0.25) is 5.02 Å². The summed E-state index contributed by atoms with van der Waals surface area (Å²) in [5.41, 5.74) is 2.43. The van der Waals surface area contributed by atoms with Gasteiger partial charge in [0.25, 0.3) is 15.9 Å². The highest BCUT2D eigenvalue weighted by Gasteiger charge is 2.22. The SMILES string of the molecule is CN(Cc1ccc(C#N)cc1)C(=O)c1cccc2c(Cl)c(NS(=O)(=O)c3cccc4cccnc34)ccc12. The number of halogens is 1. The van der Waals surface area contributed by atoms with Crippen LogP contribution in [0.5, 0.6) is 0 Å². The van der Waals surface area contributed by atoms with E-state index in [9.17, 15) is 13.2 Å². The minimum Gasteiger partial charge on any atom is -0.337 e. The first kappa shape index (κ1) is 25.2. The van der Waals surface area contributed by atoms with Crippen LogP contribution in [-0.4, -0.2) is 31.3 Å². The standard InChI is InChI=1S/C29H21ClN4O3S/c1-34(18-20-12-10-19(17-31)11-13-20)29(35)24-8-3-7-23-22(24)14-15-25(27(23)30)33-38(36,37)26-9-2-5-21-6-4-16-32-28(21)26/h2-16,33H,18H2,1H3. The molecule has 5 aromatic rings. The molecule has 0 spiro atoms. The number of rotatable bonds is 6. The Morgan fingerprint density at radius 3 is 2.47 bits per heavy atom. The molecule has 1 aromatic heterocycles. The van der Waals surface area contributed by atoms with E-state index in [0.29, 0.717) is 39.3 Å². The fourth-order valence-electron chi connectivity index (χ4n) is 4.32. The number of nitrogens with zero attached hydrogens (tertiary/aromatic N) is 3. The minimum atomic E-state index is -4.00. The average molecular weight is 541 g/mol. The number of sulfonamides is 1. The number of fused-ring (bicyclic) bond motifs is 2. The predicted octanol–water partition coefficient (Wildman–Crippen LogP) is 5.99. The molecule has 5 rings (SSSR count). The van der Waals surface area contributed by atoms with Crippen LogP contribution < -0.4 is 4.72 Å². The molecular weight excluding hydrogens is 520 g/mol. The molecule has 0 aliphatic heterocycles. The highest BCUT2D eigenvalue weighted by molar-refractivity contribution is 7.93. The molecule has 1 N–H and O–H groups in total. The summed E-state index contributed by atoms with van der Waals surface area (Å²) >= 11 is 6.67. The Hall–Kier alpha value is -4.45. The number of pyridine rings is 1. The Morgan fingerprint density at radius 1 is 0.974 bits per heavy atom. The van der Waals surface area contributed by atoms with Crippen LogP contribution in [0.15, 0.2) is 96.0 Å². The molecule has 7 nitrogen and oxygen atoms in total. The summed E-state index contributed by atoms with van der Waals surface area (Å²) in [5.74, 6) is -0.216. The smallest absolute Gasteiger partial charge is 0.264 e. The van der Waals surface area contributed by atoms with Gasteiger partial charge in [0, 0.05) is 36.1 Å². The lowest BCUT2D eigenvalue weighted by atomic mass is 10.0. The van der Waals surface area contributed by atoms with Crippen LogP contribution >= 0.6 is 11.6 Å². The van der Waals surface area contributed by atoms with Crippen molar-refractivity contribution >= 4 is 54.9 Å². The van der Waals surface area contributed by atoms with Gasteiger partial charge in [0.2, 0.25) is 0 Å². The second-order valence-corrected chi connectivity index (χ2v) is 10.8. The van der Waals surface area contributed by atoms with Crippen molar-refractivity contribution in [2.24, 2.45) is 0 Å². The molecule has 0 saturated heterocycles. The minimum absolute atomic E-state index is 0.0418. The predicted molar refractivity (Wildman–Crippen MR) is 148 cm³/mol. The average Bonchev–Trinajstić information content (AvgIpc) is 2.94. The van der Waals surface area contributed by atoms with E-state index < -0.39 is 10.0 Å². The van der Waals surface area contributed by atoms with Crippen molar-refractivity contribution in [2.75, 3.05) is 11.8 Å². The Bertz CT molecular complexity index is 1840. The summed E-state index contributed by atoms with van der Waals surface area (Å²) in [6.07, 6.45) is 1.54. The lowest BCUT2D eigenvalue weighted by Crippen LogP contribution is -2.26. The Balaban J connectivity index is 1.45. The quantitative estimate of drug-likeness (QED) is 0.285. The van der Waals surface area contributed by atoms with Gasteiger partial charge in [-0.15, -0.1) is 0 Å². The van der Waals surface area contributed by atoms with Crippen LogP contribution in [0.1, 0.15) is 21.5 Å². The van der Waals surface area contributed by atoms with Gasteiger partial charge < -0.3 is 4.90 Å². The number of carbonyl (C=O) groups is 1. The number of nitriles is 1. The van der Waals surface area contributed by atoms with Crippen LogP contribution in [0.3, 0.4) is 0 Å². The number of hydrogen-bond acceptors (Lipinski definition) is 5. The first-order chi connectivity index (χ1) is 18.3. The molecule has 9 heteroatoms. The number of amides is 1. The van der Waals surface area contributed by atoms with E-state index in [1.807, 2.05) is 12.1 Å². The van der Waals surface area contributed by atoms with Crippen molar-refractivity contribution in [1.29, 1.82) is 5.26 Å². The van der Waals surface area contributed by atoms with E-state index >= 15 is 0 Å². The van der Waals surface area contributed by atoms with Gasteiger partial charge in [-0.05, 0) is 47.3 Å². The lowest BCUT2D eigenvalue weighted by Gasteiger charge is -2.19. The first-order valence-electron chi connectivity index (χ1n) is 11.6. The van der Waals surface area contributed by atoms with Crippen molar-refractivity contribution < 1.29 is 13.2 Å². The number of carbonyl (C=O) groups excluding carboxylic acids is 1. The van der Waals surface area contributed by atoms with Gasteiger partial charge in [-0.25, -0.2) is 8.42 Å². The van der Waals surface area contributed by atoms with E-state index in [-0.39, 0.29) is 21.5 Å². The lowest BCUT2D eigenvalue weighted by molar-refractivity contribution is 0.0787. The third-order valence-electron chi connectivity index (χ3n) is 6.21. The van der Waals surface area contributed by atoms with E-state index in [4.69, 9.17) is 16.9 Å². The fraction of sp³-hybridized carbons (Fsp3) is 0.0690. The van der Waals surface area contributed by atoms with E-state index in [0.717, 1.165) is 5.56 Å². The van der Waals surface area contributed by atoms with Gasteiger partial charge in [-0.3, -0.25) is 14.5 Å². The van der Waals surface area contributed by atoms with Gasteiger partial charge in [-0.2, -0.15) is 5.26 Å². The summed E-state index contributed by atoms with van der Waals surface area (Å²) in [5, 5.41) is 11.0. The molecule has 0 unspecified atom stereocenters. The van der Waals surface area contributed by atoms with Crippen molar-refractivity contribution in [3.05, 3.63) is 113 Å². The maximum Gasteiger partial charge on any atom is 0.264 e. The number of hydrogen-bond donors (Lipinski definition) is 1. The normalized spacial score (nSPS) is 11.3. The first-order valence-corrected chi connectivity index (χ1v) is 13.5. The fourth-order valence-corrected chi connectivity index (χ4v) is 5.90. The largest absolute Gasteiger partial charge is 0.337 e. The van der Waals surface area contributed by atoms with Crippen molar-refractivity contribution in [3.8, 4) is 6.07 Å². The summed E-state index contributed by atoms with van der Waals surface area (Å²) in [4.78, 5) is 19.2. The molecule has 188 valence electrons. The van der Waals surface area contributed by atoms with Crippen LogP contribution in [0.25, 0.3) is 21.7 Å². The molecule has 0 bridgehead atoms. The summed E-state index contributed by atoms with van der Waals surface area (Å²) in [6.45, 7) is 0.353. The van der Waals surface area contributed by atoms with Crippen molar-refractivity contribution in [2.45, 2.75) is 11.4 Å². The van der Waals surface area contributed by atoms with Gasteiger partial charge in [0.05, 0.1) is 27.9 Å². The molecule has 1 heterocycles. The maximum absolute atomic E-state index is 13.3. The second-order valence-electron chi connectivity index (χ2n) is 8.73. The third-order valence-corrected chi connectivity index (χ3v) is 8.01. The Labute approximate surface area is 225 Å². The van der Waals surface area contributed by atoms with Gasteiger partial charge in [0.1, 0.15) is 4.90 Å². The molecule has 0 fully saturated rings. The molecule has 0 saturated carbocycles. The molecule has 0 atom stereocenters. The molecule has 0 aliphatic carbocycles. The number of nitrogens with one attached hydrogen (secondary N) is 1. The monoisotopic (exact) mass is 540 g/mol. The Kier molecular flexibility index (Phi) is 6.72. The van der Waals surface area contributed by atoms with E-state index in [1.165, 1.54) is 6.07 Å². The molecule has 4 aromatic carbocycles. The van der Waals surface area contributed by atoms with Gasteiger partial charge >= 0.3 is 0 Å². The van der Waals surface area contributed by atoms with Crippen LogP contribution in [0.4, 0.5) is 5.69 Å². The second kappa shape index (κ2) is 10.1. The molecule has 0 aliphatic rings. The summed E-state index contributed by atoms with van der Waals surface area (Å²) < 4.78 is 29.2. The number of aromatic nitrogens is 1. The highest BCUT2D eigenvalue weighted by Crippen LogP contribution is 2.35. The zero-order valence-electron chi connectivity index (χ0n) is 20.2. The van der Waals surface area contributed by atoms with Gasteiger partial charge in [0.15, 0.2) is 0 Å². The molecule has 38 heavy (non-hydrogen) atoms. The third kappa shape index (κ3) is 4.77. The molecular formula is C29H21ClN4O3S. The van der Waals surface area contributed by atoms with Crippen molar-refractivity contribution in [1.82, 2.24) is 9.88 Å². The summed E-state index contributed by atoms with van der Waals surface area (Å²) in [7, 11) is -2.31. The number of benzene rings is 4. The van der Waals surface area contributed by atoms with E-state index in [2.05, 4.69) is 15.8 Å². The number of para-hydroxylation sites is 1. The van der Waals surface area contributed by atoms with Crippen LogP contribution in [0, 0.1) is 11.3 Å². The van der Waals surface area contributed by atoms with Crippen molar-refractivity contribution in [3.63, 3.8) is 0 Å². The summed E-state index contributed by atoms with van der Waals surface area (Å²) in [6, 6.07) is 26.0.